The van der Waals surface area contributed by atoms with Crippen molar-refractivity contribution in [2.24, 2.45) is 5.10 Å². The van der Waals surface area contributed by atoms with Crippen LogP contribution in [-0.4, -0.2) is 24.2 Å². The normalized spacial score (nSPS) is 10.6. The molecule has 0 aromatic heterocycles. The van der Waals surface area contributed by atoms with Gasteiger partial charge in [-0.25, -0.2) is 5.43 Å². The highest BCUT2D eigenvalue weighted by Crippen LogP contribution is 2.23. The minimum absolute atomic E-state index is 0.0396. The molecule has 0 aliphatic carbocycles. The zero-order valence-electron chi connectivity index (χ0n) is 13.6. The van der Waals surface area contributed by atoms with Gasteiger partial charge in [0.15, 0.2) is 0 Å². The largest absolute Gasteiger partial charge is 0.496 e. The molecule has 1 N–H and O–H groups in total. The van der Waals surface area contributed by atoms with Crippen LogP contribution in [-0.2, 0) is 0 Å². The van der Waals surface area contributed by atoms with Gasteiger partial charge in [0.25, 0.3) is 11.6 Å². The van der Waals surface area contributed by atoms with Gasteiger partial charge in [-0.3, -0.25) is 14.9 Å². The molecule has 7 nitrogen and oxygen atoms in total. The van der Waals surface area contributed by atoms with Crippen molar-refractivity contribution in [3.63, 3.8) is 0 Å². The zero-order chi connectivity index (χ0) is 17.7. The van der Waals surface area contributed by atoms with Crippen LogP contribution < -0.4 is 10.2 Å². The summed E-state index contributed by atoms with van der Waals surface area (Å²) in [5.74, 6) is 0.134. The van der Waals surface area contributed by atoms with Crippen LogP contribution in [0.1, 0.15) is 27.0 Å². The van der Waals surface area contributed by atoms with E-state index in [9.17, 15) is 14.9 Å². The Morgan fingerprint density at radius 2 is 1.92 bits per heavy atom. The molecule has 0 aliphatic heterocycles. The SMILES string of the molecule is COc1ccc(C=NNC(=O)c2ccccc2[N+](=O)[O-])c(C)c1C. The van der Waals surface area contributed by atoms with Gasteiger partial charge in [0.2, 0.25) is 0 Å². The first-order valence-corrected chi connectivity index (χ1v) is 7.16. The van der Waals surface area contributed by atoms with Gasteiger partial charge in [-0.15, -0.1) is 0 Å². The molecule has 0 atom stereocenters. The maximum absolute atomic E-state index is 12.1. The molecule has 0 saturated carbocycles. The lowest BCUT2D eigenvalue weighted by Crippen LogP contribution is -2.19. The van der Waals surface area contributed by atoms with Crippen LogP contribution in [0.15, 0.2) is 41.5 Å². The number of nitro benzene ring substituents is 1. The van der Waals surface area contributed by atoms with Crippen molar-refractivity contribution < 1.29 is 14.5 Å². The van der Waals surface area contributed by atoms with Crippen molar-refractivity contribution in [2.45, 2.75) is 13.8 Å². The molecule has 0 heterocycles. The molecular formula is C17H17N3O4. The van der Waals surface area contributed by atoms with Crippen molar-refractivity contribution >= 4 is 17.8 Å². The van der Waals surface area contributed by atoms with Crippen molar-refractivity contribution in [1.82, 2.24) is 5.43 Å². The molecule has 7 heteroatoms. The summed E-state index contributed by atoms with van der Waals surface area (Å²) in [5.41, 5.74) is 4.78. The first-order chi connectivity index (χ1) is 11.5. The second-order valence-electron chi connectivity index (χ2n) is 5.08. The summed E-state index contributed by atoms with van der Waals surface area (Å²) in [4.78, 5) is 22.4. The Balaban J connectivity index is 2.17. The predicted octanol–water partition coefficient (Wildman–Crippen LogP) is 2.98. The maximum atomic E-state index is 12.1. The van der Waals surface area contributed by atoms with Gasteiger partial charge < -0.3 is 4.74 Å². The number of carbonyl (C=O) groups excluding carboxylic acids is 1. The fourth-order valence-corrected chi connectivity index (χ4v) is 2.22. The number of carbonyl (C=O) groups is 1. The van der Waals surface area contributed by atoms with Crippen LogP contribution in [0.2, 0.25) is 0 Å². The summed E-state index contributed by atoms with van der Waals surface area (Å²) in [5, 5.41) is 14.8. The third kappa shape index (κ3) is 3.57. The molecule has 124 valence electrons. The topological polar surface area (TPSA) is 93.8 Å². The Bertz CT molecular complexity index is 815. The zero-order valence-corrected chi connectivity index (χ0v) is 13.6. The fraction of sp³-hybridized carbons (Fsp3) is 0.176. The first-order valence-electron chi connectivity index (χ1n) is 7.16. The number of benzene rings is 2. The molecule has 0 bridgehead atoms. The smallest absolute Gasteiger partial charge is 0.282 e. The number of ether oxygens (including phenoxy) is 1. The third-order valence-electron chi connectivity index (χ3n) is 3.71. The molecule has 0 aliphatic rings. The summed E-state index contributed by atoms with van der Waals surface area (Å²) in [6, 6.07) is 9.35. The number of hydrazone groups is 1. The van der Waals surface area contributed by atoms with E-state index in [0.717, 1.165) is 22.4 Å². The minimum Gasteiger partial charge on any atom is -0.496 e. The van der Waals surface area contributed by atoms with Crippen molar-refractivity contribution in [2.75, 3.05) is 7.11 Å². The number of nitro groups is 1. The van der Waals surface area contributed by atoms with Gasteiger partial charge >= 0.3 is 0 Å². The second-order valence-corrected chi connectivity index (χ2v) is 5.08. The number of amides is 1. The van der Waals surface area contributed by atoms with Crippen molar-refractivity contribution in [3.8, 4) is 5.75 Å². The lowest BCUT2D eigenvalue weighted by atomic mass is 10.0. The number of para-hydroxylation sites is 1. The first kappa shape index (κ1) is 17.1. The van der Waals surface area contributed by atoms with Gasteiger partial charge in [-0.2, -0.15) is 5.10 Å². The van der Waals surface area contributed by atoms with Crippen LogP contribution in [0.4, 0.5) is 5.69 Å². The number of methoxy groups -OCH3 is 1. The molecule has 1 amide bonds. The molecular weight excluding hydrogens is 310 g/mol. The number of nitrogens with one attached hydrogen (secondary N) is 1. The Morgan fingerprint density at radius 3 is 2.58 bits per heavy atom. The molecule has 0 fully saturated rings. The van der Waals surface area contributed by atoms with E-state index in [0.29, 0.717) is 0 Å². The summed E-state index contributed by atoms with van der Waals surface area (Å²) in [7, 11) is 1.60. The minimum atomic E-state index is -0.638. The Morgan fingerprint density at radius 1 is 1.21 bits per heavy atom. The number of rotatable bonds is 5. The van der Waals surface area contributed by atoms with Crippen LogP contribution in [0.3, 0.4) is 0 Å². The van der Waals surface area contributed by atoms with Gasteiger partial charge in [0.1, 0.15) is 11.3 Å². The van der Waals surface area contributed by atoms with Gasteiger partial charge in [-0.1, -0.05) is 12.1 Å². The molecule has 0 radical (unpaired) electrons. The standard InChI is InChI=1S/C17H17N3O4/c1-11-12(2)16(24-3)9-8-13(11)10-18-19-17(21)14-6-4-5-7-15(14)20(22)23/h4-10H,1-3H3,(H,19,21). The Kier molecular flexibility index (Phi) is 5.26. The lowest BCUT2D eigenvalue weighted by Gasteiger charge is -2.09. The number of hydrogen-bond acceptors (Lipinski definition) is 5. The van der Waals surface area contributed by atoms with E-state index in [2.05, 4.69) is 10.5 Å². The molecule has 2 aromatic rings. The highest BCUT2D eigenvalue weighted by molar-refractivity contribution is 5.98. The number of hydrogen-bond donors (Lipinski definition) is 1. The van der Waals surface area contributed by atoms with E-state index >= 15 is 0 Å². The Hall–Kier alpha value is -3.22. The molecule has 24 heavy (non-hydrogen) atoms. The van der Waals surface area contributed by atoms with Gasteiger partial charge in [-0.05, 0) is 48.7 Å². The van der Waals surface area contributed by atoms with E-state index in [1.165, 1.54) is 24.4 Å². The highest BCUT2D eigenvalue weighted by Gasteiger charge is 2.18. The van der Waals surface area contributed by atoms with Crippen molar-refractivity contribution in [1.29, 1.82) is 0 Å². The van der Waals surface area contributed by atoms with Crippen LogP contribution >= 0.6 is 0 Å². The molecule has 0 spiro atoms. The molecule has 0 saturated heterocycles. The predicted molar refractivity (Wildman–Crippen MR) is 90.6 cm³/mol. The summed E-state index contributed by atoms with van der Waals surface area (Å²) >= 11 is 0. The van der Waals surface area contributed by atoms with E-state index in [4.69, 9.17) is 4.74 Å². The van der Waals surface area contributed by atoms with Crippen LogP contribution in [0, 0.1) is 24.0 Å². The molecule has 2 aromatic carbocycles. The van der Waals surface area contributed by atoms with Gasteiger partial charge in [0, 0.05) is 6.07 Å². The quantitative estimate of drug-likeness (QED) is 0.519. The summed E-state index contributed by atoms with van der Waals surface area (Å²) < 4.78 is 5.24. The van der Waals surface area contributed by atoms with E-state index < -0.39 is 10.8 Å². The maximum Gasteiger partial charge on any atom is 0.282 e. The number of nitrogens with zero attached hydrogens (tertiary/aromatic N) is 2. The van der Waals surface area contributed by atoms with Crippen molar-refractivity contribution in [3.05, 3.63) is 68.8 Å². The van der Waals surface area contributed by atoms with Crippen LogP contribution in [0.5, 0.6) is 5.75 Å². The molecule has 2 rings (SSSR count). The lowest BCUT2D eigenvalue weighted by molar-refractivity contribution is -0.385. The van der Waals surface area contributed by atoms with E-state index in [1.807, 2.05) is 26.0 Å². The summed E-state index contributed by atoms with van der Waals surface area (Å²) in [6.07, 6.45) is 1.49. The fourth-order valence-electron chi connectivity index (χ4n) is 2.22. The monoisotopic (exact) mass is 327 g/mol. The van der Waals surface area contributed by atoms with Crippen LogP contribution in [0.25, 0.3) is 0 Å². The van der Waals surface area contributed by atoms with E-state index in [-0.39, 0.29) is 11.3 Å². The summed E-state index contributed by atoms with van der Waals surface area (Å²) in [6.45, 7) is 3.85. The van der Waals surface area contributed by atoms with Gasteiger partial charge in [0.05, 0.1) is 18.2 Å². The third-order valence-corrected chi connectivity index (χ3v) is 3.71. The average molecular weight is 327 g/mol. The highest BCUT2D eigenvalue weighted by atomic mass is 16.6. The Labute approximate surface area is 139 Å². The average Bonchev–Trinajstić information content (AvgIpc) is 2.58. The second kappa shape index (κ2) is 7.36. The molecule has 0 unspecified atom stereocenters. The van der Waals surface area contributed by atoms with E-state index in [1.54, 1.807) is 13.2 Å².